The van der Waals surface area contributed by atoms with Crippen molar-refractivity contribution in [3.05, 3.63) is 101 Å². The fourth-order valence-electron chi connectivity index (χ4n) is 4.96. The predicted molar refractivity (Wildman–Crippen MR) is 138 cm³/mol. The molecule has 0 saturated carbocycles. The molecule has 3 amide bonds. The van der Waals surface area contributed by atoms with E-state index in [9.17, 15) is 18.8 Å². The summed E-state index contributed by atoms with van der Waals surface area (Å²) in [6.45, 7) is 0.842. The lowest BCUT2D eigenvalue weighted by atomic mass is 9.96. The van der Waals surface area contributed by atoms with E-state index in [1.165, 1.54) is 29.2 Å². The van der Waals surface area contributed by atoms with Crippen molar-refractivity contribution in [2.24, 2.45) is 0 Å². The Balaban J connectivity index is 1.36. The van der Waals surface area contributed by atoms with Crippen LogP contribution in [0.1, 0.15) is 39.3 Å². The Morgan fingerprint density at radius 1 is 1.00 bits per heavy atom. The van der Waals surface area contributed by atoms with Gasteiger partial charge in [0.05, 0.1) is 18.8 Å². The quantitative estimate of drug-likeness (QED) is 0.537. The van der Waals surface area contributed by atoms with E-state index in [0.717, 1.165) is 0 Å². The SMILES string of the molecule is O=C(NCc1ccccn1)C1COC2(CCN(C(=O)c3cccc(Cl)c3)CC2)N1C(=O)c1ccc(F)cc1. The van der Waals surface area contributed by atoms with Gasteiger partial charge in [0.2, 0.25) is 5.91 Å². The molecule has 2 aromatic carbocycles. The molecule has 8 nitrogen and oxygen atoms in total. The largest absolute Gasteiger partial charge is 0.353 e. The van der Waals surface area contributed by atoms with E-state index < -0.39 is 23.5 Å². The molecule has 1 aromatic heterocycles. The molecule has 2 saturated heterocycles. The molecule has 2 aliphatic heterocycles. The number of pyridine rings is 1. The van der Waals surface area contributed by atoms with Crippen molar-refractivity contribution in [2.45, 2.75) is 31.2 Å². The summed E-state index contributed by atoms with van der Waals surface area (Å²) in [6.07, 6.45) is 2.27. The normalized spacial score (nSPS) is 18.4. The highest BCUT2D eigenvalue weighted by atomic mass is 35.5. The van der Waals surface area contributed by atoms with Gasteiger partial charge in [-0.25, -0.2) is 4.39 Å². The molecule has 3 heterocycles. The first kappa shape index (κ1) is 25.8. The minimum Gasteiger partial charge on any atom is -0.353 e. The Kier molecular flexibility index (Phi) is 7.40. The van der Waals surface area contributed by atoms with Crippen LogP contribution < -0.4 is 5.32 Å². The third-order valence-corrected chi connectivity index (χ3v) is 7.18. The third kappa shape index (κ3) is 5.25. The van der Waals surface area contributed by atoms with Crippen LogP contribution in [0.2, 0.25) is 5.02 Å². The van der Waals surface area contributed by atoms with E-state index in [4.69, 9.17) is 16.3 Å². The van der Waals surface area contributed by atoms with Gasteiger partial charge in [-0.1, -0.05) is 23.7 Å². The Morgan fingerprint density at radius 2 is 1.76 bits per heavy atom. The lowest BCUT2D eigenvalue weighted by Crippen LogP contribution is -2.59. The fraction of sp³-hybridized carbons (Fsp3) is 0.286. The summed E-state index contributed by atoms with van der Waals surface area (Å²) < 4.78 is 19.8. The molecular weight excluding hydrogens is 511 g/mol. The molecular formula is C28H26ClFN4O4. The second kappa shape index (κ2) is 10.9. The summed E-state index contributed by atoms with van der Waals surface area (Å²) in [5, 5.41) is 3.32. The summed E-state index contributed by atoms with van der Waals surface area (Å²) >= 11 is 6.06. The topological polar surface area (TPSA) is 91.8 Å². The number of halogens is 2. The van der Waals surface area contributed by atoms with Gasteiger partial charge in [0.25, 0.3) is 11.8 Å². The number of nitrogens with one attached hydrogen (secondary N) is 1. The molecule has 1 spiro atoms. The molecule has 0 bridgehead atoms. The van der Waals surface area contributed by atoms with Crippen LogP contribution in [0.25, 0.3) is 0 Å². The maximum atomic E-state index is 13.7. The number of aromatic nitrogens is 1. The summed E-state index contributed by atoms with van der Waals surface area (Å²) in [4.78, 5) is 47.4. The standard InChI is InChI=1S/C28H26ClFN4O4/c29-21-5-3-4-20(16-21)26(36)33-14-11-28(12-15-33)34(27(37)19-7-9-22(30)10-8-19)24(18-38-28)25(35)32-17-23-6-1-2-13-31-23/h1-10,13,16,24H,11-12,14-15,17-18H2,(H,32,35). The van der Waals surface area contributed by atoms with Crippen molar-refractivity contribution in [1.29, 1.82) is 0 Å². The zero-order chi connectivity index (χ0) is 26.7. The number of ether oxygens (including phenoxy) is 1. The molecule has 38 heavy (non-hydrogen) atoms. The van der Waals surface area contributed by atoms with Crippen molar-refractivity contribution < 1.29 is 23.5 Å². The third-order valence-electron chi connectivity index (χ3n) is 6.95. The molecule has 2 fully saturated rings. The summed E-state index contributed by atoms with van der Waals surface area (Å²) in [7, 11) is 0. The number of rotatable bonds is 5. The van der Waals surface area contributed by atoms with Crippen LogP contribution in [0, 0.1) is 5.82 Å². The first-order valence-corrected chi connectivity index (χ1v) is 12.7. The second-order valence-corrected chi connectivity index (χ2v) is 9.73. The highest BCUT2D eigenvalue weighted by Crippen LogP contribution is 2.39. The Labute approximate surface area is 224 Å². The van der Waals surface area contributed by atoms with Gasteiger partial charge in [0.15, 0.2) is 0 Å². The highest BCUT2D eigenvalue weighted by molar-refractivity contribution is 6.30. The van der Waals surface area contributed by atoms with Crippen LogP contribution >= 0.6 is 11.6 Å². The second-order valence-electron chi connectivity index (χ2n) is 9.30. The molecule has 1 unspecified atom stereocenters. The van der Waals surface area contributed by atoms with Crippen molar-refractivity contribution in [2.75, 3.05) is 19.7 Å². The first-order valence-electron chi connectivity index (χ1n) is 12.3. The summed E-state index contributed by atoms with van der Waals surface area (Å²) in [5.74, 6) is -1.44. The van der Waals surface area contributed by atoms with Crippen molar-refractivity contribution in [3.8, 4) is 0 Å². The molecule has 0 aliphatic carbocycles. The van der Waals surface area contributed by atoms with Crippen LogP contribution in [0.3, 0.4) is 0 Å². The average Bonchev–Trinajstić information content (AvgIpc) is 3.30. The van der Waals surface area contributed by atoms with Gasteiger partial charge in [0.1, 0.15) is 17.6 Å². The Morgan fingerprint density at radius 3 is 2.45 bits per heavy atom. The zero-order valence-corrected chi connectivity index (χ0v) is 21.2. The number of benzene rings is 2. The van der Waals surface area contributed by atoms with E-state index in [2.05, 4.69) is 10.3 Å². The Hall–Kier alpha value is -3.82. The minimum absolute atomic E-state index is 0.00320. The maximum absolute atomic E-state index is 13.7. The van der Waals surface area contributed by atoms with E-state index in [1.54, 1.807) is 47.5 Å². The smallest absolute Gasteiger partial charge is 0.256 e. The molecule has 196 valence electrons. The molecule has 3 aromatic rings. The zero-order valence-electron chi connectivity index (χ0n) is 20.5. The van der Waals surface area contributed by atoms with Gasteiger partial charge < -0.3 is 15.0 Å². The number of amides is 3. The van der Waals surface area contributed by atoms with Crippen molar-refractivity contribution >= 4 is 29.3 Å². The number of hydrogen-bond acceptors (Lipinski definition) is 5. The average molecular weight is 537 g/mol. The lowest BCUT2D eigenvalue weighted by molar-refractivity contribution is -0.128. The van der Waals surface area contributed by atoms with Gasteiger partial charge >= 0.3 is 0 Å². The molecule has 1 atom stereocenters. The van der Waals surface area contributed by atoms with Gasteiger partial charge in [-0.15, -0.1) is 0 Å². The van der Waals surface area contributed by atoms with Crippen LogP contribution in [0.4, 0.5) is 4.39 Å². The molecule has 1 N–H and O–H groups in total. The minimum atomic E-state index is -1.08. The lowest BCUT2D eigenvalue weighted by Gasteiger charge is -2.44. The monoisotopic (exact) mass is 536 g/mol. The molecule has 10 heteroatoms. The van der Waals surface area contributed by atoms with E-state index >= 15 is 0 Å². The van der Waals surface area contributed by atoms with E-state index in [-0.39, 0.29) is 30.5 Å². The van der Waals surface area contributed by atoms with Crippen molar-refractivity contribution in [3.63, 3.8) is 0 Å². The number of nitrogens with zero attached hydrogens (tertiary/aromatic N) is 3. The Bertz CT molecular complexity index is 1330. The van der Waals surface area contributed by atoms with Crippen LogP contribution in [0.15, 0.2) is 72.9 Å². The van der Waals surface area contributed by atoms with Crippen molar-refractivity contribution in [1.82, 2.24) is 20.1 Å². The van der Waals surface area contributed by atoms with Crippen LogP contribution in [-0.2, 0) is 16.1 Å². The van der Waals surface area contributed by atoms with Crippen LogP contribution in [0.5, 0.6) is 0 Å². The number of carbonyl (C=O) groups excluding carboxylic acids is 3. The fourth-order valence-corrected chi connectivity index (χ4v) is 5.15. The van der Waals surface area contributed by atoms with Crippen LogP contribution in [-0.4, -0.2) is 64.0 Å². The summed E-state index contributed by atoms with van der Waals surface area (Å²) in [5.41, 5.74) is 0.325. The summed E-state index contributed by atoms with van der Waals surface area (Å²) in [6, 6.07) is 16.5. The molecule has 2 aliphatic rings. The van der Waals surface area contributed by atoms with E-state index in [1.807, 2.05) is 6.07 Å². The number of hydrogen-bond donors (Lipinski definition) is 1. The molecule has 5 rings (SSSR count). The van der Waals surface area contributed by atoms with Gasteiger partial charge in [-0.05, 0) is 54.6 Å². The number of likely N-dealkylation sites (tertiary alicyclic amines) is 1. The van der Waals surface area contributed by atoms with Gasteiger partial charge in [-0.2, -0.15) is 0 Å². The first-order chi connectivity index (χ1) is 18.4. The predicted octanol–water partition coefficient (Wildman–Crippen LogP) is 3.66. The molecule has 0 radical (unpaired) electrons. The van der Waals surface area contributed by atoms with Gasteiger partial charge in [-0.3, -0.25) is 24.3 Å². The number of carbonyl (C=O) groups is 3. The number of piperidine rings is 1. The highest BCUT2D eigenvalue weighted by Gasteiger charge is 2.54. The maximum Gasteiger partial charge on any atom is 0.256 e. The van der Waals surface area contributed by atoms with Gasteiger partial charge in [0, 0.05) is 48.3 Å². The van der Waals surface area contributed by atoms with E-state index in [0.29, 0.717) is 42.2 Å².